The number of hydrogen-bond donors (Lipinski definition) is 0. The fraction of sp³-hybridized carbons (Fsp3) is 0.167. The fourth-order valence-electron chi connectivity index (χ4n) is 0.577. The molecule has 0 atom stereocenters. The molecule has 0 aromatic heterocycles. The number of aliphatic imine (C=N–C) groups is 1. The van der Waals surface area contributed by atoms with Crippen molar-refractivity contribution >= 4 is 6.08 Å². The van der Waals surface area contributed by atoms with E-state index in [1.165, 1.54) is 6.08 Å². The maximum Gasteiger partial charge on any atom is 0.240 e. The second-order valence-electron chi connectivity index (χ2n) is 1.49. The summed E-state index contributed by atoms with van der Waals surface area (Å²) in [4.78, 5) is 13.0. The minimum absolute atomic E-state index is 0.773. The third-order valence-electron chi connectivity index (χ3n) is 0.941. The second kappa shape index (κ2) is 2.24. The number of carbonyl (C=O) groups excluding carboxylic acids is 1. The highest BCUT2D eigenvalue weighted by atomic mass is 16.1. The maximum atomic E-state index is 9.60. The van der Waals surface area contributed by atoms with Gasteiger partial charge in [-0.15, -0.1) is 0 Å². The standard InChI is InChI=1S/C6H5NO/c8-5-7-6-3-1-2-4-6/h1-3H,4H2. The molecule has 0 spiro atoms. The van der Waals surface area contributed by atoms with Gasteiger partial charge in [0, 0.05) is 6.42 Å². The predicted octanol–water partition coefficient (Wildman–Crippen LogP) is 1.17. The van der Waals surface area contributed by atoms with E-state index in [2.05, 4.69) is 4.99 Å². The van der Waals surface area contributed by atoms with Crippen molar-refractivity contribution in [2.75, 3.05) is 0 Å². The third-order valence-corrected chi connectivity index (χ3v) is 0.941. The Labute approximate surface area is 47.2 Å². The molecule has 0 fully saturated rings. The number of rotatable bonds is 1. The first kappa shape index (κ1) is 5.01. The minimum Gasteiger partial charge on any atom is -0.211 e. The van der Waals surface area contributed by atoms with Crippen LogP contribution in [0.4, 0.5) is 0 Å². The highest BCUT2D eigenvalue weighted by Gasteiger charge is 1.92. The van der Waals surface area contributed by atoms with Gasteiger partial charge in [-0.3, -0.25) is 0 Å². The molecular weight excluding hydrogens is 102 g/mol. The van der Waals surface area contributed by atoms with Gasteiger partial charge >= 0.3 is 0 Å². The Kier molecular flexibility index (Phi) is 1.40. The Hall–Kier alpha value is -1.14. The summed E-state index contributed by atoms with van der Waals surface area (Å²) in [5.41, 5.74) is 0.792. The van der Waals surface area contributed by atoms with Crippen molar-refractivity contribution < 1.29 is 4.79 Å². The van der Waals surface area contributed by atoms with Crippen molar-refractivity contribution in [1.29, 1.82) is 0 Å². The van der Waals surface area contributed by atoms with Crippen LogP contribution in [-0.2, 0) is 4.79 Å². The summed E-state index contributed by atoms with van der Waals surface area (Å²) in [5.74, 6) is 0. The first-order valence-corrected chi connectivity index (χ1v) is 2.37. The predicted molar refractivity (Wildman–Crippen MR) is 30.0 cm³/mol. The minimum atomic E-state index is 0.773. The van der Waals surface area contributed by atoms with Crippen LogP contribution in [0.15, 0.2) is 28.9 Å². The van der Waals surface area contributed by atoms with Crippen molar-refractivity contribution in [3.05, 3.63) is 23.9 Å². The quantitative estimate of drug-likeness (QED) is 0.365. The molecule has 0 unspecified atom stereocenters. The van der Waals surface area contributed by atoms with Gasteiger partial charge in [-0.2, -0.15) is 4.99 Å². The largest absolute Gasteiger partial charge is 0.240 e. The molecule has 0 radical (unpaired) electrons. The first-order chi connectivity index (χ1) is 3.93. The van der Waals surface area contributed by atoms with Gasteiger partial charge in [-0.1, -0.05) is 12.2 Å². The van der Waals surface area contributed by atoms with E-state index >= 15 is 0 Å². The van der Waals surface area contributed by atoms with E-state index in [0.29, 0.717) is 0 Å². The summed E-state index contributed by atoms with van der Waals surface area (Å²) in [6, 6.07) is 0. The van der Waals surface area contributed by atoms with E-state index in [0.717, 1.165) is 12.1 Å². The second-order valence-corrected chi connectivity index (χ2v) is 1.49. The van der Waals surface area contributed by atoms with Gasteiger partial charge in [0.1, 0.15) is 0 Å². The van der Waals surface area contributed by atoms with Gasteiger partial charge in [0.05, 0.1) is 5.70 Å². The maximum absolute atomic E-state index is 9.60. The molecule has 0 N–H and O–H groups in total. The van der Waals surface area contributed by atoms with Crippen molar-refractivity contribution in [3.63, 3.8) is 0 Å². The van der Waals surface area contributed by atoms with Gasteiger partial charge in [0.2, 0.25) is 6.08 Å². The summed E-state index contributed by atoms with van der Waals surface area (Å²) in [6.07, 6.45) is 7.86. The zero-order chi connectivity index (χ0) is 5.82. The topological polar surface area (TPSA) is 29.4 Å². The molecule has 0 aromatic rings. The molecule has 1 aliphatic rings. The van der Waals surface area contributed by atoms with Crippen LogP contribution in [-0.4, -0.2) is 6.08 Å². The van der Waals surface area contributed by atoms with Crippen LogP contribution in [0.25, 0.3) is 0 Å². The molecule has 8 heavy (non-hydrogen) atoms. The first-order valence-electron chi connectivity index (χ1n) is 2.37. The Morgan fingerprint density at radius 3 is 3.12 bits per heavy atom. The average Bonchev–Trinajstić information content (AvgIpc) is 2.19. The molecule has 0 amide bonds. The summed E-state index contributed by atoms with van der Waals surface area (Å²) in [7, 11) is 0. The molecule has 0 saturated heterocycles. The van der Waals surface area contributed by atoms with E-state index < -0.39 is 0 Å². The van der Waals surface area contributed by atoms with Crippen LogP contribution in [0.3, 0.4) is 0 Å². The van der Waals surface area contributed by atoms with Crippen molar-refractivity contribution in [2.24, 2.45) is 4.99 Å². The van der Waals surface area contributed by atoms with Crippen LogP contribution >= 0.6 is 0 Å². The summed E-state index contributed by atoms with van der Waals surface area (Å²) in [5, 5.41) is 0. The van der Waals surface area contributed by atoms with Gasteiger partial charge in [-0.25, -0.2) is 4.79 Å². The lowest BCUT2D eigenvalue weighted by Crippen LogP contribution is -1.66. The van der Waals surface area contributed by atoms with Crippen molar-refractivity contribution in [1.82, 2.24) is 0 Å². The van der Waals surface area contributed by atoms with Crippen molar-refractivity contribution in [2.45, 2.75) is 6.42 Å². The van der Waals surface area contributed by atoms with Gasteiger partial charge in [0.25, 0.3) is 0 Å². The Morgan fingerprint density at radius 2 is 2.62 bits per heavy atom. The molecule has 40 valence electrons. The van der Waals surface area contributed by atoms with Gasteiger partial charge in [0.15, 0.2) is 0 Å². The molecular formula is C6H5NO. The van der Waals surface area contributed by atoms with Gasteiger partial charge < -0.3 is 0 Å². The van der Waals surface area contributed by atoms with E-state index in [1.807, 2.05) is 12.2 Å². The lowest BCUT2D eigenvalue weighted by molar-refractivity contribution is 0.564. The summed E-state index contributed by atoms with van der Waals surface area (Å²) in [6.45, 7) is 0. The van der Waals surface area contributed by atoms with E-state index in [9.17, 15) is 4.79 Å². The number of isocyanates is 1. The van der Waals surface area contributed by atoms with E-state index in [1.54, 1.807) is 6.08 Å². The average molecular weight is 107 g/mol. The van der Waals surface area contributed by atoms with Gasteiger partial charge in [-0.05, 0) is 6.08 Å². The van der Waals surface area contributed by atoms with Crippen molar-refractivity contribution in [3.8, 4) is 0 Å². The van der Waals surface area contributed by atoms with Crippen LogP contribution in [0.1, 0.15) is 6.42 Å². The zero-order valence-electron chi connectivity index (χ0n) is 4.29. The van der Waals surface area contributed by atoms with E-state index in [-0.39, 0.29) is 0 Å². The molecule has 2 nitrogen and oxygen atoms in total. The Morgan fingerprint density at radius 1 is 1.75 bits per heavy atom. The highest BCUT2D eigenvalue weighted by Crippen LogP contribution is 2.09. The summed E-state index contributed by atoms with van der Waals surface area (Å²) >= 11 is 0. The molecule has 0 aromatic carbocycles. The monoisotopic (exact) mass is 107 g/mol. The Bertz CT molecular complexity index is 185. The number of allylic oxidation sites excluding steroid dienone is 3. The highest BCUT2D eigenvalue weighted by molar-refractivity contribution is 5.39. The molecule has 1 rings (SSSR count). The Balaban J connectivity index is 2.64. The van der Waals surface area contributed by atoms with E-state index in [4.69, 9.17) is 0 Å². The molecule has 0 heterocycles. The number of nitrogens with zero attached hydrogens (tertiary/aromatic N) is 1. The molecule has 0 aliphatic heterocycles. The lowest BCUT2D eigenvalue weighted by atomic mass is 10.4. The SMILES string of the molecule is O=C=NC1=CC=CC1. The summed E-state index contributed by atoms with van der Waals surface area (Å²) < 4.78 is 0. The third kappa shape index (κ3) is 0.922. The fourth-order valence-corrected chi connectivity index (χ4v) is 0.577. The van der Waals surface area contributed by atoms with Crippen LogP contribution in [0.5, 0.6) is 0 Å². The van der Waals surface area contributed by atoms with Crippen LogP contribution in [0.2, 0.25) is 0 Å². The number of hydrogen-bond acceptors (Lipinski definition) is 2. The molecule has 0 saturated carbocycles. The zero-order valence-corrected chi connectivity index (χ0v) is 4.29. The molecule has 2 heteroatoms. The van der Waals surface area contributed by atoms with Crippen LogP contribution < -0.4 is 0 Å². The molecule has 0 bridgehead atoms. The molecule has 1 aliphatic carbocycles. The lowest BCUT2D eigenvalue weighted by Gasteiger charge is -1.80. The smallest absolute Gasteiger partial charge is 0.211 e. The normalized spacial score (nSPS) is 15.2. The van der Waals surface area contributed by atoms with Crippen LogP contribution in [0, 0.1) is 0 Å².